The largest absolute Gasteiger partial charge is 0.379 e. The summed E-state index contributed by atoms with van der Waals surface area (Å²) in [5, 5.41) is 0. The van der Waals surface area contributed by atoms with E-state index in [0.717, 1.165) is 41.0 Å². The monoisotopic (exact) mass is 590 g/mol. The van der Waals surface area contributed by atoms with Gasteiger partial charge < -0.3 is 9.64 Å². The molecule has 0 aliphatic carbocycles. The number of morpholine rings is 1. The molecule has 3 aromatic rings. The van der Waals surface area contributed by atoms with Gasteiger partial charge in [0.25, 0.3) is 5.91 Å². The van der Waals surface area contributed by atoms with E-state index < -0.39 is 11.0 Å². The average molecular weight is 591 g/mol. The van der Waals surface area contributed by atoms with E-state index in [2.05, 4.69) is 96.3 Å². The molecule has 3 saturated heterocycles. The van der Waals surface area contributed by atoms with Gasteiger partial charge in [-0.15, -0.1) is 0 Å². The molecular weight excluding hydrogens is 548 g/mol. The number of ether oxygens (including phenoxy) is 1. The van der Waals surface area contributed by atoms with Crippen LogP contribution in [0, 0.1) is 19.3 Å². The van der Waals surface area contributed by atoms with Gasteiger partial charge in [-0.1, -0.05) is 77.9 Å². The first-order valence-corrected chi connectivity index (χ1v) is 15.8. The van der Waals surface area contributed by atoms with E-state index in [-0.39, 0.29) is 17.6 Å². The Bertz CT molecular complexity index is 1610. The Labute approximate surface area is 260 Å². The number of piperidine rings is 1. The van der Waals surface area contributed by atoms with Gasteiger partial charge >= 0.3 is 0 Å². The summed E-state index contributed by atoms with van der Waals surface area (Å²) in [5.74, 6) is -0.0896. The number of aryl methyl sites for hydroxylation is 2. The molecule has 0 aromatic heterocycles. The maximum atomic E-state index is 15.5. The number of anilines is 1. The van der Waals surface area contributed by atoms with Crippen LogP contribution < -0.4 is 4.90 Å². The number of Topliss-reactive ketones (excluding diaryl/α,β-unsaturated/α-hetero) is 1. The van der Waals surface area contributed by atoms with Crippen LogP contribution in [0.5, 0.6) is 0 Å². The smallest absolute Gasteiger partial charge is 0.254 e. The van der Waals surface area contributed by atoms with Gasteiger partial charge in [0.1, 0.15) is 5.54 Å². The first kappa shape index (κ1) is 29.1. The van der Waals surface area contributed by atoms with Crippen LogP contribution in [0.1, 0.15) is 33.7 Å². The minimum atomic E-state index is -1.15. The SMILES string of the molecule is Cc1ccc(/C=C2\CN(C)C[C@]3(C2=O)C(c2ccc(C)cc2)CN(C)[C@@]32C(=O)N(CN3CCOCC3)c3ccccc32)cc1. The molecule has 0 N–H and O–H groups in total. The van der Waals surface area contributed by atoms with E-state index in [1.54, 1.807) is 0 Å². The number of amides is 1. The van der Waals surface area contributed by atoms with E-state index >= 15 is 9.59 Å². The number of benzene rings is 3. The molecule has 2 spiro atoms. The first-order valence-electron chi connectivity index (χ1n) is 15.8. The second-order valence-electron chi connectivity index (χ2n) is 13.2. The molecule has 7 nitrogen and oxygen atoms in total. The van der Waals surface area contributed by atoms with Crippen molar-refractivity contribution in [2.24, 2.45) is 5.41 Å². The third-order valence-electron chi connectivity index (χ3n) is 10.4. The maximum Gasteiger partial charge on any atom is 0.254 e. The number of hydrogen-bond acceptors (Lipinski definition) is 6. The second kappa shape index (κ2) is 11.1. The molecule has 7 rings (SSSR count). The highest BCUT2D eigenvalue weighted by Gasteiger charge is 2.75. The fourth-order valence-electron chi connectivity index (χ4n) is 8.39. The van der Waals surface area contributed by atoms with Crippen molar-refractivity contribution < 1.29 is 14.3 Å². The van der Waals surface area contributed by atoms with Crippen molar-refractivity contribution in [1.29, 1.82) is 0 Å². The summed E-state index contributed by atoms with van der Waals surface area (Å²) in [6, 6.07) is 25.1. The van der Waals surface area contributed by atoms with Gasteiger partial charge in [-0.3, -0.25) is 24.3 Å². The number of likely N-dealkylation sites (tertiary alicyclic amines) is 2. The van der Waals surface area contributed by atoms with Crippen LogP contribution in [0.4, 0.5) is 5.69 Å². The van der Waals surface area contributed by atoms with E-state index in [4.69, 9.17) is 4.74 Å². The maximum absolute atomic E-state index is 15.5. The Morgan fingerprint density at radius 2 is 1.55 bits per heavy atom. The van der Waals surface area contributed by atoms with Crippen LogP contribution in [0.3, 0.4) is 0 Å². The lowest BCUT2D eigenvalue weighted by Gasteiger charge is -2.51. The standard InChI is InChI=1S/C37H42N4O3/c1-26-9-13-28(14-10-26)21-30-22-38(3)24-36(34(30)42)32(29-15-11-27(2)12-16-29)23-39(4)37(36)31-7-5-6-8-33(31)41(35(37)43)25-40-17-19-44-20-18-40/h5-16,21,32H,17-20,22-25H2,1-4H3/b30-21+/t32?,36-,37+/m1/s1. The lowest BCUT2D eigenvalue weighted by molar-refractivity contribution is -0.148. The van der Waals surface area contributed by atoms with Crippen molar-refractivity contribution >= 4 is 23.5 Å². The Kier molecular flexibility index (Phi) is 7.33. The highest BCUT2D eigenvalue weighted by atomic mass is 16.5. The lowest BCUT2D eigenvalue weighted by Crippen LogP contribution is -2.66. The van der Waals surface area contributed by atoms with Gasteiger partial charge in [0.15, 0.2) is 5.78 Å². The first-order chi connectivity index (χ1) is 21.3. The van der Waals surface area contributed by atoms with E-state index in [0.29, 0.717) is 39.5 Å². The predicted molar refractivity (Wildman–Crippen MR) is 174 cm³/mol. The zero-order valence-electron chi connectivity index (χ0n) is 26.3. The van der Waals surface area contributed by atoms with E-state index in [9.17, 15) is 0 Å². The Hall–Kier alpha value is -3.62. The molecule has 3 atom stereocenters. The number of fused-ring (bicyclic) bond motifs is 3. The van der Waals surface area contributed by atoms with Gasteiger partial charge in [-0.05, 0) is 51.2 Å². The van der Waals surface area contributed by atoms with Gasteiger partial charge in [-0.2, -0.15) is 0 Å². The van der Waals surface area contributed by atoms with Crippen LogP contribution in [0.15, 0.2) is 78.4 Å². The number of carbonyl (C=O) groups is 2. The van der Waals surface area contributed by atoms with Crippen LogP contribution >= 0.6 is 0 Å². The summed E-state index contributed by atoms with van der Waals surface area (Å²) in [4.78, 5) is 39.5. The van der Waals surface area contributed by atoms with E-state index in [1.165, 1.54) is 11.1 Å². The summed E-state index contributed by atoms with van der Waals surface area (Å²) >= 11 is 0. The van der Waals surface area contributed by atoms with Crippen molar-refractivity contribution in [3.63, 3.8) is 0 Å². The van der Waals surface area contributed by atoms with Crippen LogP contribution in [0.25, 0.3) is 6.08 Å². The zero-order valence-corrected chi connectivity index (χ0v) is 26.3. The quantitative estimate of drug-likeness (QED) is 0.419. The molecule has 3 aromatic carbocycles. The number of ketones is 1. The molecule has 3 fully saturated rings. The van der Waals surface area contributed by atoms with Crippen molar-refractivity contribution in [2.45, 2.75) is 25.3 Å². The Morgan fingerprint density at radius 3 is 2.25 bits per heavy atom. The number of likely N-dealkylation sites (N-methyl/N-ethyl adjacent to an activating group) is 2. The molecule has 0 bridgehead atoms. The molecule has 228 valence electrons. The molecule has 44 heavy (non-hydrogen) atoms. The van der Waals surface area contributed by atoms with Crippen LogP contribution in [0.2, 0.25) is 0 Å². The molecule has 0 saturated carbocycles. The van der Waals surface area contributed by atoms with Crippen molar-refractivity contribution in [3.8, 4) is 0 Å². The van der Waals surface area contributed by atoms with Gasteiger partial charge in [0.2, 0.25) is 0 Å². The molecule has 4 heterocycles. The van der Waals surface area contributed by atoms with E-state index in [1.807, 2.05) is 30.2 Å². The van der Waals surface area contributed by atoms with Crippen LogP contribution in [-0.2, 0) is 19.9 Å². The molecule has 7 heteroatoms. The fourth-order valence-corrected chi connectivity index (χ4v) is 8.39. The predicted octanol–water partition coefficient (Wildman–Crippen LogP) is 4.45. The van der Waals surface area contributed by atoms with Crippen LogP contribution in [-0.4, -0.2) is 93.1 Å². The normalized spacial score (nSPS) is 29.0. The molecule has 4 aliphatic heterocycles. The van der Waals surface area contributed by atoms with Gasteiger partial charge in [0.05, 0.1) is 31.0 Å². The van der Waals surface area contributed by atoms with Gasteiger partial charge in [-0.25, -0.2) is 0 Å². The summed E-state index contributed by atoms with van der Waals surface area (Å²) in [6.45, 7) is 9.14. The molecule has 0 radical (unpaired) electrons. The number of para-hydroxylation sites is 1. The summed E-state index contributed by atoms with van der Waals surface area (Å²) < 4.78 is 5.62. The minimum absolute atomic E-state index is 0.000592. The van der Waals surface area contributed by atoms with Crippen molar-refractivity contribution in [2.75, 3.05) is 71.6 Å². The van der Waals surface area contributed by atoms with Crippen molar-refractivity contribution in [1.82, 2.24) is 14.7 Å². The number of rotatable bonds is 4. The third-order valence-corrected chi connectivity index (χ3v) is 10.4. The van der Waals surface area contributed by atoms with Crippen molar-refractivity contribution in [3.05, 3.63) is 106 Å². The highest BCUT2D eigenvalue weighted by Crippen LogP contribution is 2.65. The zero-order chi connectivity index (χ0) is 30.6. The second-order valence-corrected chi connectivity index (χ2v) is 13.2. The summed E-state index contributed by atoms with van der Waals surface area (Å²) in [7, 11) is 4.14. The molecule has 4 aliphatic rings. The fraction of sp³-hybridized carbons (Fsp3) is 0.405. The van der Waals surface area contributed by atoms with Gasteiger partial charge in [0, 0.05) is 49.8 Å². The average Bonchev–Trinajstić information content (AvgIpc) is 3.43. The summed E-state index contributed by atoms with van der Waals surface area (Å²) in [5.41, 5.74) is 4.88. The molecule has 1 unspecified atom stereocenters. The lowest BCUT2D eigenvalue weighted by atomic mass is 9.56. The Morgan fingerprint density at radius 1 is 0.886 bits per heavy atom. The number of carbonyl (C=O) groups excluding carboxylic acids is 2. The highest BCUT2D eigenvalue weighted by molar-refractivity contribution is 6.16. The summed E-state index contributed by atoms with van der Waals surface area (Å²) in [6.07, 6.45) is 2.05. The third kappa shape index (κ3) is 4.32. The Balaban J connectivity index is 1.44. The molecular formula is C37H42N4O3. The minimum Gasteiger partial charge on any atom is -0.379 e. The number of hydrogen-bond donors (Lipinski definition) is 0. The topological polar surface area (TPSA) is 56.3 Å². The molecule has 1 amide bonds. The number of nitrogens with zero attached hydrogens (tertiary/aromatic N) is 4.